The van der Waals surface area contributed by atoms with Crippen LogP contribution in [0.2, 0.25) is 0 Å². The molecule has 0 aliphatic heterocycles. The SMILES string of the molecule is CCc1cccc(C)c1NC(=O)COc1ccc(S(=O)(=O)Nc2ccccc2)cc1. The third kappa shape index (κ3) is 5.39. The van der Waals surface area contributed by atoms with Crippen molar-refractivity contribution in [3.63, 3.8) is 0 Å². The summed E-state index contributed by atoms with van der Waals surface area (Å²) in [4.78, 5) is 12.4. The number of carbonyl (C=O) groups excluding carboxylic acids is 1. The van der Waals surface area contributed by atoms with Crippen LogP contribution < -0.4 is 14.8 Å². The lowest BCUT2D eigenvalue weighted by Gasteiger charge is -2.13. The maximum absolute atomic E-state index is 12.5. The average molecular weight is 425 g/mol. The molecule has 3 rings (SSSR count). The second-order valence-corrected chi connectivity index (χ2v) is 8.42. The topological polar surface area (TPSA) is 84.5 Å². The Bertz CT molecular complexity index is 1110. The summed E-state index contributed by atoms with van der Waals surface area (Å²) in [6.07, 6.45) is 0.811. The molecule has 0 saturated heterocycles. The average Bonchev–Trinajstić information content (AvgIpc) is 2.74. The fraction of sp³-hybridized carbons (Fsp3) is 0.174. The first-order chi connectivity index (χ1) is 14.4. The molecule has 0 atom stereocenters. The van der Waals surface area contributed by atoms with Crippen LogP contribution in [0.25, 0.3) is 0 Å². The summed E-state index contributed by atoms with van der Waals surface area (Å²) in [6, 6.07) is 20.5. The molecule has 6 nitrogen and oxygen atoms in total. The molecule has 0 unspecified atom stereocenters. The van der Waals surface area contributed by atoms with Crippen LogP contribution in [0.5, 0.6) is 5.75 Å². The van der Waals surface area contributed by atoms with Gasteiger partial charge in [0.05, 0.1) is 4.90 Å². The number of rotatable bonds is 8. The molecule has 156 valence electrons. The van der Waals surface area contributed by atoms with Crippen molar-refractivity contribution in [2.45, 2.75) is 25.2 Å². The number of nitrogens with one attached hydrogen (secondary N) is 2. The van der Waals surface area contributed by atoms with Crippen molar-refractivity contribution in [1.82, 2.24) is 0 Å². The van der Waals surface area contributed by atoms with Gasteiger partial charge < -0.3 is 10.1 Å². The van der Waals surface area contributed by atoms with Crippen LogP contribution in [0.4, 0.5) is 11.4 Å². The van der Waals surface area contributed by atoms with E-state index in [0.717, 1.165) is 23.2 Å². The second-order valence-electron chi connectivity index (χ2n) is 6.74. The zero-order valence-electron chi connectivity index (χ0n) is 16.9. The first-order valence-electron chi connectivity index (χ1n) is 9.58. The van der Waals surface area contributed by atoms with Crippen molar-refractivity contribution < 1.29 is 17.9 Å². The summed E-state index contributed by atoms with van der Waals surface area (Å²) in [5.74, 6) is 0.130. The van der Waals surface area contributed by atoms with Crippen LogP contribution in [0, 0.1) is 6.92 Å². The van der Waals surface area contributed by atoms with Crippen LogP contribution >= 0.6 is 0 Å². The molecule has 0 spiro atoms. The van der Waals surface area contributed by atoms with Gasteiger partial charge in [0, 0.05) is 11.4 Å². The smallest absolute Gasteiger partial charge is 0.262 e. The van der Waals surface area contributed by atoms with E-state index in [1.54, 1.807) is 24.3 Å². The molecule has 30 heavy (non-hydrogen) atoms. The highest BCUT2D eigenvalue weighted by Gasteiger charge is 2.14. The molecule has 0 saturated carbocycles. The molecule has 3 aromatic rings. The van der Waals surface area contributed by atoms with E-state index >= 15 is 0 Å². The minimum atomic E-state index is -3.70. The molecule has 7 heteroatoms. The van der Waals surface area contributed by atoms with Gasteiger partial charge in [0.2, 0.25) is 0 Å². The fourth-order valence-electron chi connectivity index (χ4n) is 2.96. The van der Waals surface area contributed by atoms with Gasteiger partial charge in [-0.3, -0.25) is 9.52 Å². The van der Waals surface area contributed by atoms with E-state index in [0.29, 0.717) is 11.4 Å². The van der Waals surface area contributed by atoms with Gasteiger partial charge in [0.25, 0.3) is 15.9 Å². The Morgan fingerprint density at radius 2 is 1.63 bits per heavy atom. The second kappa shape index (κ2) is 9.45. The monoisotopic (exact) mass is 424 g/mol. The third-order valence-electron chi connectivity index (χ3n) is 4.53. The van der Waals surface area contributed by atoms with Crippen LogP contribution in [0.15, 0.2) is 77.7 Å². The van der Waals surface area contributed by atoms with E-state index in [1.807, 2.05) is 38.1 Å². The van der Waals surface area contributed by atoms with Gasteiger partial charge in [0.15, 0.2) is 6.61 Å². The zero-order valence-corrected chi connectivity index (χ0v) is 17.7. The number of aryl methyl sites for hydroxylation is 2. The highest BCUT2D eigenvalue weighted by molar-refractivity contribution is 7.92. The molecular weight excluding hydrogens is 400 g/mol. The molecule has 0 aliphatic carbocycles. The summed E-state index contributed by atoms with van der Waals surface area (Å²) >= 11 is 0. The van der Waals surface area contributed by atoms with Crippen molar-refractivity contribution >= 4 is 27.3 Å². The predicted molar refractivity (Wildman–Crippen MR) is 118 cm³/mol. The number of carbonyl (C=O) groups is 1. The molecule has 0 fully saturated rings. The summed E-state index contributed by atoms with van der Waals surface area (Å²) < 4.78 is 32.9. The summed E-state index contributed by atoms with van der Waals surface area (Å²) in [5, 5.41) is 2.89. The first-order valence-corrected chi connectivity index (χ1v) is 11.1. The van der Waals surface area contributed by atoms with Gasteiger partial charge in [0.1, 0.15) is 5.75 Å². The van der Waals surface area contributed by atoms with Crippen LogP contribution in [0.1, 0.15) is 18.1 Å². The number of hydrogen-bond donors (Lipinski definition) is 2. The van der Waals surface area contributed by atoms with Crippen molar-refractivity contribution in [3.8, 4) is 5.75 Å². The molecule has 0 aromatic heterocycles. The Kier molecular flexibility index (Phi) is 6.74. The number of sulfonamides is 1. The van der Waals surface area contributed by atoms with Crippen LogP contribution in [0.3, 0.4) is 0 Å². The number of benzene rings is 3. The standard InChI is InChI=1S/C23H24N2O4S/c1-3-18-9-7-8-17(2)23(18)24-22(26)16-29-20-12-14-21(15-13-20)30(27,28)25-19-10-5-4-6-11-19/h4-15,25H,3,16H2,1-2H3,(H,24,26). The van der Waals surface area contributed by atoms with E-state index in [-0.39, 0.29) is 17.4 Å². The molecule has 0 bridgehead atoms. The molecular formula is C23H24N2O4S. The number of anilines is 2. The highest BCUT2D eigenvalue weighted by Crippen LogP contribution is 2.22. The minimum absolute atomic E-state index is 0.107. The van der Waals surface area contributed by atoms with Gasteiger partial charge in [-0.2, -0.15) is 0 Å². The van der Waals surface area contributed by atoms with E-state index < -0.39 is 10.0 Å². The molecule has 0 radical (unpaired) electrons. The Morgan fingerprint density at radius 1 is 0.933 bits per heavy atom. The Morgan fingerprint density at radius 3 is 2.30 bits per heavy atom. The molecule has 3 aromatic carbocycles. The van der Waals surface area contributed by atoms with E-state index in [1.165, 1.54) is 24.3 Å². The van der Waals surface area contributed by atoms with E-state index in [4.69, 9.17) is 4.74 Å². The lowest BCUT2D eigenvalue weighted by molar-refractivity contribution is -0.118. The summed E-state index contributed by atoms with van der Waals surface area (Å²) in [6.45, 7) is 3.80. The number of ether oxygens (including phenoxy) is 1. The number of para-hydroxylation sites is 2. The quantitative estimate of drug-likeness (QED) is 0.562. The Balaban J connectivity index is 1.60. The largest absolute Gasteiger partial charge is 0.484 e. The van der Waals surface area contributed by atoms with E-state index in [2.05, 4.69) is 10.0 Å². The molecule has 1 amide bonds. The molecule has 0 aliphatic rings. The molecule has 2 N–H and O–H groups in total. The number of amides is 1. The van der Waals surface area contributed by atoms with Gasteiger partial charge in [-0.1, -0.05) is 43.3 Å². The summed E-state index contributed by atoms with van der Waals surface area (Å²) in [7, 11) is -3.70. The van der Waals surface area contributed by atoms with Gasteiger partial charge >= 0.3 is 0 Å². The van der Waals surface area contributed by atoms with E-state index in [9.17, 15) is 13.2 Å². The van der Waals surface area contributed by atoms with Gasteiger partial charge in [-0.15, -0.1) is 0 Å². The Hall–Kier alpha value is -3.32. The zero-order chi connectivity index (χ0) is 21.6. The fourth-order valence-corrected chi connectivity index (χ4v) is 4.02. The third-order valence-corrected chi connectivity index (χ3v) is 5.93. The van der Waals surface area contributed by atoms with Gasteiger partial charge in [-0.05, 0) is 60.9 Å². The lowest BCUT2D eigenvalue weighted by Crippen LogP contribution is -2.21. The lowest BCUT2D eigenvalue weighted by atomic mass is 10.1. The number of hydrogen-bond acceptors (Lipinski definition) is 4. The highest BCUT2D eigenvalue weighted by atomic mass is 32.2. The van der Waals surface area contributed by atoms with Crippen molar-refractivity contribution in [2.75, 3.05) is 16.6 Å². The maximum Gasteiger partial charge on any atom is 0.262 e. The minimum Gasteiger partial charge on any atom is -0.484 e. The van der Waals surface area contributed by atoms with Crippen molar-refractivity contribution in [2.24, 2.45) is 0 Å². The van der Waals surface area contributed by atoms with Crippen LogP contribution in [-0.4, -0.2) is 20.9 Å². The maximum atomic E-state index is 12.5. The normalized spacial score (nSPS) is 11.0. The Labute approximate surface area is 177 Å². The van der Waals surface area contributed by atoms with Crippen molar-refractivity contribution in [1.29, 1.82) is 0 Å². The molecule has 0 heterocycles. The van der Waals surface area contributed by atoms with Crippen molar-refractivity contribution in [3.05, 3.63) is 83.9 Å². The van der Waals surface area contributed by atoms with Crippen LogP contribution in [-0.2, 0) is 21.2 Å². The predicted octanol–water partition coefficient (Wildman–Crippen LogP) is 4.38. The summed E-state index contributed by atoms with van der Waals surface area (Å²) in [5.41, 5.74) is 3.34. The van der Waals surface area contributed by atoms with Gasteiger partial charge in [-0.25, -0.2) is 8.42 Å². The first kappa shape index (κ1) is 21.4.